The molecule has 2 aromatic heterocycles. The Morgan fingerprint density at radius 3 is 2.52 bits per heavy atom. The molecule has 8 nitrogen and oxygen atoms in total. The summed E-state index contributed by atoms with van der Waals surface area (Å²) >= 11 is 0. The topological polar surface area (TPSA) is 76.3 Å². The van der Waals surface area contributed by atoms with Gasteiger partial charge in [-0.25, -0.2) is 9.37 Å². The number of amides is 1. The monoisotopic (exact) mass is 398 g/mol. The van der Waals surface area contributed by atoms with Crippen LogP contribution in [0.4, 0.5) is 10.3 Å². The molecule has 0 N–H and O–H groups in total. The Hall–Kier alpha value is -3.23. The SMILES string of the molecule is CCn1c(N2CCN(C(=O)c3ccccc3F)CC2)nc2c(C)nn(C)c2c1=O. The molecule has 152 valence electrons. The second-order valence-corrected chi connectivity index (χ2v) is 7.13. The second kappa shape index (κ2) is 7.31. The standard InChI is InChI=1S/C20H23FN6O2/c1-4-27-19(29)17-16(13(2)23-24(17)3)22-20(27)26-11-9-25(10-12-26)18(28)14-7-5-6-8-15(14)21/h5-8H,4,9-12H2,1-3H3. The van der Waals surface area contributed by atoms with Crippen LogP contribution in [0.15, 0.2) is 29.1 Å². The maximum atomic E-state index is 14.0. The number of aromatic nitrogens is 4. The Kier molecular flexibility index (Phi) is 4.81. The highest BCUT2D eigenvalue weighted by molar-refractivity contribution is 5.94. The summed E-state index contributed by atoms with van der Waals surface area (Å²) in [4.78, 5) is 34.0. The lowest BCUT2D eigenvalue weighted by atomic mass is 10.1. The molecule has 0 aliphatic carbocycles. The van der Waals surface area contributed by atoms with Crippen molar-refractivity contribution in [2.75, 3.05) is 31.1 Å². The maximum absolute atomic E-state index is 14.0. The van der Waals surface area contributed by atoms with Gasteiger partial charge in [0.25, 0.3) is 11.5 Å². The normalized spacial score (nSPS) is 14.6. The summed E-state index contributed by atoms with van der Waals surface area (Å²) in [5.74, 6) is -0.250. The van der Waals surface area contributed by atoms with E-state index in [-0.39, 0.29) is 17.0 Å². The molecule has 9 heteroatoms. The summed E-state index contributed by atoms with van der Waals surface area (Å²) in [5.41, 5.74) is 1.75. The molecule has 0 bridgehead atoms. The summed E-state index contributed by atoms with van der Waals surface area (Å²) in [7, 11) is 1.74. The molecule has 29 heavy (non-hydrogen) atoms. The third-order valence-electron chi connectivity index (χ3n) is 5.36. The van der Waals surface area contributed by atoms with E-state index in [0.717, 1.165) is 0 Å². The summed E-state index contributed by atoms with van der Waals surface area (Å²) in [5, 5.41) is 4.32. The molecule has 0 unspecified atom stereocenters. The van der Waals surface area contributed by atoms with Crippen LogP contribution in [-0.4, -0.2) is 56.3 Å². The molecule has 1 aliphatic heterocycles. The summed E-state index contributed by atoms with van der Waals surface area (Å²) in [6.07, 6.45) is 0. The van der Waals surface area contributed by atoms with Crippen LogP contribution in [-0.2, 0) is 13.6 Å². The van der Waals surface area contributed by atoms with Crippen molar-refractivity contribution >= 4 is 22.9 Å². The van der Waals surface area contributed by atoms with Crippen LogP contribution in [0.25, 0.3) is 11.0 Å². The molecule has 1 aromatic carbocycles. The number of carbonyl (C=O) groups excluding carboxylic acids is 1. The minimum absolute atomic E-state index is 0.0805. The zero-order valence-corrected chi connectivity index (χ0v) is 16.7. The summed E-state index contributed by atoms with van der Waals surface area (Å²) in [6.45, 7) is 6.09. The fourth-order valence-corrected chi connectivity index (χ4v) is 3.84. The van der Waals surface area contributed by atoms with Gasteiger partial charge >= 0.3 is 0 Å². The van der Waals surface area contributed by atoms with Crippen molar-refractivity contribution in [2.45, 2.75) is 20.4 Å². The predicted molar refractivity (Wildman–Crippen MR) is 108 cm³/mol. The number of benzene rings is 1. The first-order valence-corrected chi connectivity index (χ1v) is 9.65. The van der Waals surface area contributed by atoms with Gasteiger partial charge in [-0.1, -0.05) is 12.1 Å². The average molecular weight is 398 g/mol. The second-order valence-electron chi connectivity index (χ2n) is 7.13. The molecule has 0 atom stereocenters. The lowest BCUT2D eigenvalue weighted by Gasteiger charge is -2.36. The lowest BCUT2D eigenvalue weighted by molar-refractivity contribution is 0.0741. The highest BCUT2D eigenvalue weighted by Gasteiger charge is 2.27. The van der Waals surface area contributed by atoms with Crippen molar-refractivity contribution in [2.24, 2.45) is 7.05 Å². The van der Waals surface area contributed by atoms with Crippen molar-refractivity contribution in [3.63, 3.8) is 0 Å². The van der Waals surface area contributed by atoms with Gasteiger partial charge < -0.3 is 9.80 Å². The predicted octanol–water partition coefficient (Wildman–Crippen LogP) is 1.56. The third-order valence-corrected chi connectivity index (χ3v) is 5.36. The molecular weight excluding hydrogens is 375 g/mol. The van der Waals surface area contributed by atoms with E-state index in [1.54, 1.807) is 33.3 Å². The first kappa shape index (κ1) is 19.1. The van der Waals surface area contributed by atoms with E-state index < -0.39 is 5.82 Å². The smallest absolute Gasteiger partial charge is 0.281 e. The van der Waals surface area contributed by atoms with Gasteiger partial charge in [0.1, 0.15) is 11.3 Å². The quantitative estimate of drug-likeness (QED) is 0.669. The van der Waals surface area contributed by atoms with Gasteiger partial charge in [0, 0.05) is 39.8 Å². The van der Waals surface area contributed by atoms with Crippen LogP contribution in [0.5, 0.6) is 0 Å². The minimum atomic E-state index is -0.515. The molecule has 0 radical (unpaired) electrons. The van der Waals surface area contributed by atoms with Gasteiger partial charge in [0.15, 0.2) is 5.52 Å². The number of aryl methyl sites for hydroxylation is 2. The highest BCUT2D eigenvalue weighted by Crippen LogP contribution is 2.20. The van der Waals surface area contributed by atoms with E-state index in [4.69, 9.17) is 4.98 Å². The van der Waals surface area contributed by atoms with Gasteiger partial charge in [0.05, 0.1) is 11.3 Å². The van der Waals surface area contributed by atoms with Gasteiger partial charge in [-0.05, 0) is 26.0 Å². The number of fused-ring (bicyclic) bond motifs is 1. The molecule has 1 saturated heterocycles. The first-order chi connectivity index (χ1) is 13.9. The number of halogens is 1. The third kappa shape index (κ3) is 3.16. The van der Waals surface area contributed by atoms with Crippen LogP contribution in [0, 0.1) is 12.7 Å². The van der Waals surface area contributed by atoms with Gasteiger partial charge in [-0.15, -0.1) is 0 Å². The fraction of sp³-hybridized carbons (Fsp3) is 0.400. The van der Waals surface area contributed by atoms with Crippen LogP contribution in [0.1, 0.15) is 23.0 Å². The van der Waals surface area contributed by atoms with E-state index in [2.05, 4.69) is 5.10 Å². The van der Waals surface area contributed by atoms with Crippen molar-refractivity contribution < 1.29 is 9.18 Å². The number of rotatable bonds is 3. The average Bonchev–Trinajstić information content (AvgIpc) is 3.01. The summed E-state index contributed by atoms with van der Waals surface area (Å²) in [6, 6.07) is 6.01. The fourth-order valence-electron chi connectivity index (χ4n) is 3.84. The zero-order valence-electron chi connectivity index (χ0n) is 16.7. The Morgan fingerprint density at radius 1 is 1.17 bits per heavy atom. The highest BCUT2D eigenvalue weighted by atomic mass is 19.1. The van der Waals surface area contributed by atoms with E-state index >= 15 is 0 Å². The van der Waals surface area contributed by atoms with E-state index in [1.165, 1.54) is 12.1 Å². The summed E-state index contributed by atoms with van der Waals surface area (Å²) < 4.78 is 17.2. The Morgan fingerprint density at radius 2 is 1.86 bits per heavy atom. The van der Waals surface area contributed by atoms with Gasteiger partial charge in [-0.2, -0.15) is 5.10 Å². The molecule has 3 aromatic rings. The largest absolute Gasteiger partial charge is 0.339 e. The zero-order chi connectivity index (χ0) is 20.7. The minimum Gasteiger partial charge on any atom is -0.339 e. The molecule has 3 heterocycles. The van der Waals surface area contributed by atoms with Crippen molar-refractivity contribution in [1.29, 1.82) is 0 Å². The number of piperazine rings is 1. The molecule has 4 rings (SSSR count). The number of hydrogen-bond donors (Lipinski definition) is 0. The molecule has 0 spiro atoms. The molecule has 1 fully saturated rings. The number of carbonyl (C=O) groups is 1. The van der Waals surface area contributed by atoms with Crippen LogP contribution in [0.2, 0.25) is 0 Å². The molecule has 1 aliphatic rings. The maximum Gasteiger partial charge on any atom is 0.281 e. The van der Waals surface area contributed by atoms with E-state index in [0.29, 0.717) is 55.4 Å². The van der Waals surface area contributed by atoms with E-state index in [1.807, 2.05) is 18.7 Å². The van der Waals surface area contributed by atoms with E-state index in [9.17, 15) is 14.0 Å². The lowest BCUT2D eigenvalue weighted by Crippen LogP contribution is -2.50. The number of hydrogen-bond acceptors (Lipinski definition) is 5. The first-order valence-electron chi connectivity index (χ1n) is 9.65. The van der Waals surface area contributed by atoms with Gasteiger partial charge in [0.2, 0.25) is 5.95 Å². The number of nitrogens with zero attached hydrogens (tertiary/aromatic N) is 6. The molecule has 1 amide bonds. The van der Waals surface area contributed by atoms with Gasteiger partial charge in [-0.3, -0.25) is 18.8 Å². The number of anilines is 1. The van der Waals surface area contributed by atoms with Crippen molar-refractivity contribution in [1.82, 2.24) is 24.2 Å². The van der Waals surface area contributed by atoms with Crippen LogP contribution in [0.3, 0.4) is 0 Å². The van der Waals surface area contributed by atoms with Crippen molar-refractivity contribution in [3.8, 4) is 0 Å². The Bertz CT molecular complexity index is 1140. The van der Waals surface area contributed by atoms with Crippen molar-refractivity contribution in [3.05, 3.63) is 51.7 Å². The molecular formula is C20H23FN6O2. The Balaban J connectivity index is 1.61. The van der Waals surface area contributed by atoms with Crippen LogP contribution >= 0.6 is 0 Å². The van der Waals surface area contributed by atoms with Crippen LogP contribution < -0.4 is 10.5 Å². The molecule has 0 saturated carbocycles. The Labute approximate surface area is 167 Å².